The van der Waals surface area contributed by atoms with Crippen LogP contribution in [0.15, 0.2) is 95.5 Å². The molecule has 5 heteroatoms. The molecule has 1 heterocycles. The fourth-order valence-electron chi connectivity index (χ4n) is 3.73. The van der Waals surface area contributed by atoms with E-state index in [4.69, 9.17) is 4.42 Å². The van der Waals surface area contributed by atoms with Crippen molar-refractivity contribution in [3.05, 3.63) is 108 Å². The number of hydrogen-bond acceptors (Lipinski definition) is 4. The van der Waals surface area contributed by atoms with Gasteiger partial charge in [-0.25, -0.2) is 4.98 Å². The minimum absolute atomic E-state index is 0.0795. The molecule has 4 rings (SSSR count). The lowest BCUT2D eigenvalue weighted by molar-refractivity contribution is -0.114. The van der Waals surface area contributed by atoms with E-state index >= 15 is 0 Å². The van der Waals surface area contributed by atoms with Crippen molar-refractivity contribution in [1.82, 2.24) is 9.88 Å². The first-order valence-corrected chi connectivity index (χ1v) is 10.7. The zero-order valence-corrected chi connectivity index (χ0v) is 18.4. The molecule has 1 amide bonds. The smallest absolute Gasteiger partial charge is 0.221 e. The van der Waals surface area contributed by atoms with Gasteiger partial charge in [-0.15, -0.1) is 0 Å². The van der Waals surface area contributed by atoms with Crippen LogP contribution in [-0.4, -0.2) is 15.8 Å². The lowest BCUT2D eigenvalue weighted by Gasteiger charge is -2.28. The van der Waals surface area contributed by atoms with Gasteiger partial charge in [0.15, 0.2) is 5.76 Å². The van der Waals surface area contributed by atoms with Crippen molar-refractivity contribution < 1.29 is 9.21 Å². The first kappa shape index (κ1) is 21.5. The van der Waals surface area contributed by atoms with Crippen molar-refractivity contribution in [1.29, 1.82) is 0 Å². The predicted molar refractivity (Wildman–Crippen MR) is 127 cm³/mol. The number of nitrogens with zero attached hydrogens (tertiary/aromatic N) is 2. The van der Waals surface area contributed by atoms with E-state index in [-0.39, 0.29) is 11.9 Å². The molecular formula is C27H27N3O2. The Bertz CT molecular complexity index is 1160. The third-order valence-corrected chi connectivity index (χ3v) is 5.42. The molecule has 162 valence electrons. The molecule has 1 atom stereocenters. The van der Waals surface area contributed by atoms with Gasteiger partial charge in [0.05, 0.1) is 12.7 Å². The van der Waals surface area contributed by atoms with E-state index in [1.807, 2.05) is 66.7 Å². The first-order valence-electron chi connectivity index (χ1n) is 10.7. The topological polar surface area (TPSA) is 58.4 Å². The van der Waals surface area contributed by atoms with E-state index in [2.05, 4.69) is 40.3 Å². The van der Waals surface area contributed by atoms with E-state index in [1.165, 1.54) is 12.5 Å². The van der Waals surface area contributed by atoms with Gasteiger partial charge >= 0.3 is 0 Å². The number of benzene rings is 3. The van der Waals surface area contributed by atoms with Crippen LogP contribution in [0, 0.1) is 0 Å². The first-order chi connectivity index (χ1) is 15.6. The Labute approximate surface area is 188 Å². The highest BCUT2D eigenvalue weighted by molar-refractivity contribution is 5.88. The Hall–Kier alpha value is -3.70. The molecule has 0 spiro atoms. The number of carbonyl (C=O) groups excluding carboxylic acids is 1. The Morgan fingerprint density at radius 1 is 0.969 bits per heavy atom. The molecule has 5 nitrogen and oxygen atoms in total. The van der Waals surface area contributed by atoms with Crippen molar-refractivity contribution in [2.45, 2.75) is 33.0 Å². The van der Waals surface area contributed by atoms with Crippen LogP contribution < -0.4 is 5.32 Å². The van der Waals surface area contributed by atoms with Crippen LogP contribution >= 0.6 is 0 Å². The van der Waals surface area contributed by atoms with Crippen LogP contribution in [0.2, 0.25) is 0 Å². The third kappa shape index (κ3) is 5.50. The average Bonchev–Trinajstić information content (AvgIpc) is 3.28. The minimum Gasteiger partial charge on any atom is -0.439 e. The molecule has 0 bridgehead atoms. The number of hydrogen-bond donors (Lipinski definition) is 1. The van der Waals surface area contributed by atoms with Crippen molar-refractivity contribution in [3.8, 4) is 11.3 Å². The molecule has 1 aromatic heterocycles. The lowest BCUT2D eigenvalue weighted by Crippen LogP contribution is -2.26. The van der Waals surface area contributed by atoms with Crippen LogP contribution in [-0.2, 0) is 17.9 Å². The number of rotatable bonds is 8. The maximum atomic E-state index is 11.5. The summed E-state index contributed by atoms with van der Waals surface area (Å²) >= 11 is 0. The van der Waals surface area contributed by atoms with Gasteiger partial charge in [-0.2, -0.15) is 0 Å². The van der Waals surface area contributed by atoms with Gasteiger partial charge in [-0.1, -0.05) is 72.8 Å². The zero-order valence-electron chi connectivity index (χ0n) is 18.4. The number of anilines is 1. The molecule has 4 aromatic rings. The third-order valence-electron chi connectivity index (χ3n) is 5.42. The zero-order chi connectivity index (χ0) is 22.3. The average molecular weight is 426 g/mol. The van der Waals surface area contributed by atoms with Gasteiger partial charge in [0.1, 0.15) is 0 Å². The molecule has 1 unspecified atom stereocenters. The normalized spacial score (nSPS) is 12.0. The number of nitrogens with one attached hydrogen (secondary N) is 1. The molecule has 1 N–H and O–H groups in total. The molecule has 0 fully saturated rings. The summed E-state index contributed by atoms with van der Waals surface area (Å²) < 4.78 is 6.09. The van der Waals surface area contributed by atoms with Crippen LogP contribution in [0.5, 0.6) is 0 Å². The summed E-state index contributed by atoms with van der Waals surface area (Å²) in [7, 11) is 0. The van der Waals surface area contributed by atoms with E-state index < -0.39 is 0 Å². The SMILES string of the molecule is CC(=O)Nc1cccc(C(C)N(Cc2ccccc2)Cc2ncc(-c3ccccc3)o2)c1. The van der Waals surface area contributed by atoms with Crippen LogP contribution in [0.1, 0.15) is 36.9 Å². The van der Waals surface area contributed by atoms with Crippen molar-refractivity contribution >= 4 is 11.6 Å². The Balaban J connectivity index is 1.59. The van der Waals surface area contributed by atoms with Gasteiger partial charge in [0.2, 0.25) is 11.8 Å². The highest BCUT2D eigenvalue weighted by atomic mass is 16.4. The maximum absolute atomic E-state index is 11.5. The number of carbonyl (C=O) groups is 1. The fraction of sp³-hybridized carbons (Fsp3) is 0.185. The van der Waals surface area contributed by atoms with Crippen molar-refractivity contribution in [2.75, 3.05) is 5.32 Å². The van der Waals surface area contributed by atoms with Crippen molar-refractivity contribution in [2.24, 2.45) is 0 Å². The molecule has 0 saturated heterocycles. The standard InChI is InChI=1S/C27H27N3O2/c1-20(24-14-9-15-25(16-24)29-21(2)31)30(18-22-10-5-3-6-11-22)19-27-28-17-26(32-27)23-12-7-4-8-13-23/h3-17,20H,18-19H2,1-2H3,(H,29,31). The number of aromatic nitrogens is 1. The summed E-state index contributed by atoms with van der Waals surface area (Å²) in [6.45, 7) is 4.99. The largest absolute Gasteiger partial charge is 0.439 e. The Kier molecular flexibility index (Phi) is 6.78. The van der Waals surface area contributed by atoms with Gasteiger partial charge in [-0.3, -0.25) is 9.69 Å². The number of amides is 1. The summed E-state index contributed by atoms with van der Waals surface area (Å²) in [4.78, 5) is 18.4. The Morgan fingerprint density at radius 3 is 2.41 bits per heavy atom. The fourth-order valence-corrected chi connectivity index (χ4v) is 3.73. The second-order valence-electron chi connectivity index (χ2n) is 7.86. The van der Waals surface area contributed by atoms with Crippen LogP contribution in [0.4, 0.5) is 5.69 Å². The summed E-state index contributed by atoms with van der Waals surface area (Å²) in [5.74, 6) is 1.36. The molecular weight excluding hydrogens is 398 g/mol. The predicted octanol–water partition coefficient (Wildman–Crippen LogP) is 6.06. The van der Waals surface area contributed by atoms with E-state index in [9.17, 15) is 4.79 Å². The lowest BCUT2D eigenvalue weighted by atomic mass is 10.0. The van der Waals surface area contributed by atoms with E-state index in [1.54, 1.807) is 6.20 Å². The molecule has 0 aliphatic carbocycles. The van der Waals surface area contributed by atoms with E-state index in [0.29, 0.717) is 12.4 Å². The summed E-state index contributed by atoms with van der Waals surface area (Å²) in [6, 6.07) is 28.4. The molecule has 32 heavy (non-hydrogen) atoms. The van der Waals surface area contributed by atoms with Gasteiger partial charge in [0, 0.05) is 30.8 Å². The number of oxazole rings is 1. The quantitative estimate of drug-likeness (QED) is 0.373. The molecule has 3 aromatic carbocycles. The maximum Gasteiger partial charge on any atom is 0.221 e. The molecule has 0 saturated carbocycles. The molecule has 0 aliphatic heterocycles. The summed E-state index contributed by atoms with van der Waals surface area (Å²) in [5, 5.41) is 2.87. The molecule has 0 radical (unpaired) electrons. The van der Waals surface area contributed by atoms with Gasteiger partial charge in [-0.05, 0) is 30.2 Å². The second-order valence-corrected chi connectivity index (χ2v) is 7.86. The molecule has 0 aliphatic rings. The summed E-state index contributed by atoms with van der Waals surface area (Å²) in [5.41, 5.74) is 4.13. The van der Waals surface area contributed by atoms with Crippen molar-refractivity contribution in [3.63, 3.8) is 0 Å². The minimum atomic E-state index is -0.0795. The van der Waals surface area contributed by atoms with Gasteiger partial charge < -0.3 is 9.73 Å². The Morgan fingerprint density at radius 2 is 1.69 bits per heavy atom. The highest BCUT2D eigenvalue weighted by Crippen LogP contribution is 2.28. The second kappa shape index (κ2) is 10.1. The van der Waals surface area contributed by atoms with E-state index in [0.717, 1.165) is 29.1 Å². The summed E-state index contributed by atoms with van der Waals surface area (Å²) in [6.07, 6.45) is 1.79. The monoisotopic (exact) mass is 425 g/mol. The van der Waals surface area contributed by atoms with Gasteiger partial charge in [0.25, 0.3) is 0 Å². The highest BCUT2D eigenvalue weighted by Gasteiger charge is 2.20. The van der Waals surface area contributed by atoms with Crippen LogP contribution in [0.25, 0.3) is 11.3 Å². The van der Waals surface area contributed by atoms with Crippen LogP contribution in [0.3, 0.4) is 0 Å².